The Kier molecular flexibility index (Phi) is 6.49. The molecule has 1 aliphatic rings. The minimum absolute atomic E-state index is 0.00595. The van der Waals surface area contributed by atoms with Gasteiger partial charge < -0.3 is 10.2 Å². The lowest BCUT2D eigenvalue weighted by molar-refractivity contribution is -0.143. The van der Waals surface area contributed by atoms with Crippen molar-refractivity contribution in [2.24, 2.45) is 11.3 Å². The van der Waals surface area contributed by atoms with E-state index in [9.17, 15) is 35.9 Å². The topological polar surface area (TPSA) is 49.4 Å². The summed E-state index contributed by atoms with van der Waals surface area (Å²) in [5.74, 6) is -1.95. The molecule has 184 valence electrons. The van der Waals surface area contributed by atoms with Crippen LogP contribution in [0.5, 0.6) is 0 Å². The summed E-state index contributed by atoms with van der Waals surface area (Å²) in [5.41, 5.74) is -2.83. The van der Waals surface area contributed by atoms with Gasteiger partial charge in [0.15, 0.2) is 0 Å². The Morgan fingerprint density at radius 2 is 1.53 bits per heavy atom. The van der Waals surface area contributed by atoms with E-state index in [1.54, 1.807) is 6.92 Å². The van der Waals surface area contributed by atoms with E-state index in [1.807, 2.05) is 32.0 Å². The molecule has 1 aliphatic heterocycles. The smallest absolute Gasteiger partial charge is 0.326 e. The molecule has 1 N–H and O–H groups in total. The van der Waals surface area contributed by atoms with Crippen LogP contribution in [0.25, 0.3) is 0 Å². The highest BCUT2D eigenvalue weighted by Crippen LogP contribution is 2.44. The molecule has 3 rings (SSSR count). The third-order valence-electron chi connectivity index (χ3n) is 6.30. The van der Waals surface area contributed by atoms with Gasteiger partial charge in [0.1, 0.15) is 0 Å². The van der Waals surface area contributed by atoms with Gasteiger partial charge in [0.25, 0.3) is 0 Å². The summed E-state index contributed by atoms with van der Waals surface area (Å²) in [4.78, 5) is 28.0. The maximum atomic E-state index is 13.3. The number of alkyl halides is 6. The zero-order valence-electron chi connectivity index (χ0n) is 19.0. The van der Waals surface area contributed by atoms with Crippen LogP contribution in [0.1, 0.15) is 42.5 Å². The number of aryl methyl sites for hydroxylation is 2. The largest absolute Gasteiger partial charge is 0.416 e. The molecule has 0 bridgehead atoms. The molecule has 1 heterocycles. The van der Waals surface area contributed by atoms with Crippen LogP contribution >= 0.6 is 0 Å². The number of rotatable bonds is 4. The number of hydrogen-bond donors (Lipinski definition) is 1. The molecule has 4 nitrogen and oxygen atoms in total. The Balaban J connectivity index is 2.00. The predicted octanol–water partition coefficient (Wildman–Crippen LogP) is 6.36. The van der Waals surface area contributed by atoms with Gasteiger partial charge in [-0.3, -0.25) is 9.59 Å². The molecule has 0 aromatic heterocycles. The molecular weight excluding hydrogens is 462 g/mol. The first-order chi connectivity index (χ1) is 15.6. The van der Waals surface area contributed by atoms with Crippen LogP contribution in [0.2, 0.25) is 0 Å². The van der Waals surface area contributed by atoms with Gasteiger partial charge in [-0.1, -0.05) is 25.1 Å². The SMILES string of the molecule is CC[C@@H]1C(=O)N(c2c(C)cccc2C)C[C@@]1(C)C(=O)Nc1cc(C(F)(F)F)cc(C(F)(F)F)c1. The number of nitrogens with zero attached hydrogens (tertiary/aromatic N) is 1. The molecule has 2 aromatic rings. The van der Waals surface area contributed by atoms with Gasteiger partial charge in [0, 0.05) is 17.9 Å². The second-order valence-corrected chi connectivity index (χ2v) is 8.79. The van der Waals surface area contributed by atoms with Crippen LogP contribution in [0.15, 0.2) is 36.4 Å². The van der Waals surface area contributed by atoms with Crippen molar-refractivity contribution in [1.82, 2.24) is 0 Å². The third-order valence-corrected chi connectivity index (χ3v) is 6.30. The van der Waals surface area contributed by atoms with Crippen LogP contribution in [0.3, 0.4) is 0 Å². The van der Waals surface area contributed by atoms with E-state index in [4.69, 9.17) is 0 Å². The van der Waals surface area contributed by atoms with E-state index in [1.165, 1.54) is 11.8 Å². The minimum Gasteiger partial charge on any atom is -0.326 e. The molecule has 0 unspecified atom stereocenters. The molecule has 0 spiro atoms. The van der Waals surface area contributed by atoms with Crippen LogP contribution in [-0.2, 0) is 21.9 Å². The van der Waals surface area contributed by atoms with Gasteiger partial charge in [0.05, 0.1) is 22.5 Å². The Morgan fingerprint density at radius 3 is 1.97 bits per heavy atom. The quantitative estimate of drug-likeness (QED) is 0.512. The van der Waals surface area contributed by atoms with Crippen LogP contribution in [-0.4, -0.2) is 18.4 Å². The third kappa shape index (κ3) is 4.63. The van der Waals surface area contributed by atoms with E-state index in [2.05, 4.69) is 5.32 Å². The summed E-state index contributed by atoms with van der Waals surface area (Å²) in [6.07, 6.45) is -9.82. The monoisotopic (exact) mass is 486 g/mol. The normalized spacial score (nSPS) is 21.2. The maximum Gasteiger partial charge on any atom is 0.416 e. The van der Waals surface area contributed by atoms with Crippen molar-refractivity contribution in [3.63, 3.8) is 0 Å². The molecular formula is C24H24F6N2O2. The van der Waals surface area contributed by atoms with Crippen molar-refractivity contribution >= 4 is 23.2 Å². The minimum atomic E-state index is -5.04. The van der Waals surface area contributed by atoms with Crippen LogP contribution in [0.4, 0.5) is 37.7 Å². The first kappa shape index (κ1) is 25.6. The number of nitrogens with one attached hydrogen (secondary N) is 1. The highest BCUT2D eigenvalue weighted by atomic mass is 19.4. The van der Waals surface area contributed by atoms with Gasteiger partial charge in [-0.15, -0.1) is 0 Å². The first-order valence-corrected chi connectivity index (χ1v) is 10.6. The van der Waals surface area contributed by atoms with Crippen molar-refractivity contribution in [3.05, 3.63) is 58.7 Å². The van der Waals surface area contributed by atoms with Gasteiger partial charge in [-0.2, -0.15) is 26.3 Å². The lowest BCUT2D eigenvalue weighted by atomic mass is 9.77. The fourth-order valence-electron chi connectivity index (χ4n) is 4.55. The summed E-state index contributed by atoms with van der Waals surface area (Å²) in [6, 6.07) is 6.36. The zero-order chi connectivity index (χ0) is 25.6. The van der Waals surface area contributed by atoms with E-state index in [0.29, 0.717) is 17.8 Å². The number of anilines is 2. The average Bonchev–Trinajstić information content (AvgIpc) is 2.97. The van der Waals surface area contributed by atoms with Gasteiger partial charge >= 0.3 is 12.4 Å². The molecule has 2 atom stereocenters. The second-order valence-electron chi connectivity index (χ2n) is 8.79. The number of halogens is 6. The first-order valence-electron chi connectivity index (χ1n) is 10.6. The summed E-state index contributed by atoms with van der Waals surface area (Å²) >= 11 is 0. The van der Waals surface area contributed by atoms with Crippen molar-refractivity contribution < 1.29 is 35.9 Å². The number of hydrogen-bond acceptors (Lipinski definition) is 2. The fourth-order valence-corrected chi connectivity index (χ4v) is 4.55. The van der Waals surface area contributed by atoms with Crippen molar-refractivity contribution in [2.75, 3.05) is 16.8 Å². The summed E-state index contributed by atoms with van der Waals surface area (Å²) < 4.78 is 79.2. The highest BCUT2D eigenvalue weighted by molar-refractivity contribution is 6.07. The van der Waals surface area contributed by atoms with Crippen molar-refractivity contribution in [1.29, 1.82) is 0 Å². The molecule has 0 aliphatic carbocycles. The predicted molar refractivity (Wildman–Crippen MR) is 115 cm³/mol. The molecule has 1 fully saturated rings. The van der Waals surface area contributed by atoms with Crippen LogP contribution < -0.4 is 10.2 Å². The molecule has 1 saturated heterocycles. The Hall–Kier alpha value is -3.04. The maximum absolute atomic E-state index is 13.3. The summed E-state index contributed by atoms with van der Waals surface area (Å²) in [7, 11) is 0. The Bertz CT molecular complexity index is 1070. The number of carbonyl (C=O) groups excluding carboxylic acids is 2. The number of carbonyl (C=O) groups is 2. The lowest BCUT2D eigenvalue weighted by Gasteiger charge is -2.28. The fraction of sp³-hybridized carbons (Fsp3) is 0.417. The lowest BCUT2D eigenvalue weighted by Crippen LogP contribution is -2.40. The molecule has 0 saturated carbocycles. The van der Waals surface area contributed by atoms with Gasteiger partial charge in [-0.25, -0.2) is 0 Å². The van der Waals surface area contributed by atoms with E-state index in [0.717, 1.165) is 11.1 Å². The molecule has 34 heavy (non-hydrogen) atoms. The van der Waals surface area contributed by atoms with Gasteiger partial charge in [0.2, 0.25) is 11.8 Å². The molecule has 10 heteroatoms. The van der Waals surface area contributed by atoms with E-state index < -0.39 is 46.4 Å². The number of benzene rings is 2. The summed E-state index contributed by atoms with van der Waals surface area (Å²) in [6.45, 7) is 6.77. The molecule has 2 aromatic carbocycles. The summed E-state index contributed by atoms with van der Waals surface area (Å²) in [5, 5.41) is 2.22. The molecule has 0 radical (unpaired) electrons. The standard InChI is InChI=1S/C24H24F6N2O2/c1-5-18-20(33)32(19-13(2)7-6-8-14(19)3)12-22(18,4)21(34)31-17-10-15(23(25,26)27)9-16(11-17)24(28,29)30/h6-11,18H,5,12H2,1-4H3,(H,31,34)/t18-,22-/m1/s1. The van der Waals surface area contributed by atoms with Crippen molar-refractivity contribution in [2.45, 2.75) is 46.5 Å². The zero-order valence-corrected chi connectivity index (χ0v) is 19.0. The highest BCUT2D eigenvalue weighted by Gasteiger charge is 2.53. The Labute approximate surface area is 192 Å². The second kappa shape index (κ2) is 8.63. The Morgan fingerprint density at radius 1 is 1.03 bits per heavy atom. The van der Waals surface area contributed by atoms with E-state index in [-0.39, 0.29) is 24.9 Å². The van der Waals surface area contributed by atoms with E-state index >= 15 is 0 Å². The van der Waals surface area contributed by atoms with Gasteiger partial charge in [-0.05, 0) is 56.5 Å². The van der Waals surface area contributed by atoms with Crippen molar-refractivity contribution in [3.8, 4) is 0 Å². The number of amides is 2. The number of para-hydroxylation sites is 1. The average molecular weight is 486 g/mol. The van der Waals surface area contributed by atoms with Crippen LogP contribution in [0, 0.1) is 25.2 Å². The molecule has 2 amide bonds.